The first kappa shape index (κ1) is 19.9. The molecular formula is C21H22FN3O5. The van der Waals surface area contributed by atoms with E-state index in [2.05, 4.69) is 20.0 Å². The molecule has 9 heteroatoms. The van der Waals surface area contributed by atoms with Crippen molar-refractivity contribution in [3.05, 3.63) is 36.3 Å². The first-order valence-corrected chi connectivity index (χ1v) is 9.68. The molecule has 8 nitrogen and oxygen atoms in total. The molecule has 0 unspecified atom stereocenters. The van der Waals surface area contributed by atoms with Gasteiger partial charge in [0, 0.05) is 12.1 Å². The van der Waals surface area contributed by atoms with Crippen molar-refractivity contribution in [1.82, 2.24) is 15.3 Å². The van der Waals surface area contributed by atoms with Gasteiger partial charge in [-0.05, 0) is 37.8 Å². The van der Waals surface area contributed by atoms with E-state index in [1.165, 1.54) is 32.2 Å². The number of carbonyl (C=O) groups is 1. The van der Waals surface area contributed by atoms with Crippen LogP contribution < -0.4 is 14.8 Å². The molecule has 30 heavy (non-hydrogen) atoms. The summed E-state index contributed by atoms with van der Waals surface area (Å²) in [4.78, 5) is 19.6. The summed E-state index contributed by atoms with van der Waals surface area (Å²) in [5, 5.41) is 2.55. The smallest absolute Gasteiger partial charge is 0.407 e. The SMILES string of the molecule is COC(=O)N[C@@H](C)COc1cnc(-c2nc3ccc(OCC4CC4)cc3o2)c(F)c1. The predicted molar refractivity (Wildman–Crippen MR) is 106 cm³/mol. The minimum Gasteiger partial charge on any atom is -0.493 e. The van der Waals surface area contributed by atoms with E-state index >= 15 is 0 Å². The van der Waals surface area contributed by atoms with Crippen LogP contribution in [0.15, 0.2) is 34.9 Å². The minimum absolute atomic E-state index is 0.0141. The number of halogens is 1. The van der Waals surface area contributed by atoms with Gasteiger partial charge in [-0.15, -0.1) is 0 Å². The molecule has 1 N–H and O–H groups in total. The van der Waals surface area contributed by atoms with Gasteiger partial charge >= 0.3 is 6.09 Å². The lowest BCUT2D eigenvalue weighted by Gasteiger charge is -2.14. The molecule has 0 spiro atoms. The normalized spacial score (nSPS) is 14.4. The van der Waals surface area contributed by atoms with Crippen LogP contribution in [0, 0.1) is 11.7 Å². The lowest BCUT2D eigenvalue weighted by molar-refractivity contribution is 0.161. The highest BCUT2D eigenvalue weighted by Crippen LogP contribution is 2.31. The van der Waals surface area contributed by atoms with Crippen molar-refractivity contribution >= 4 is 17.2 Å². The number of rotatable bonds is 8. The molecule has 1 aromatic carbocycles. The summed E-state index contributed by atoms with van der Waals surface area (Å²) in [6.45, 7) is 2.55. The molecule has 0 bridgehead atoms. The average molecular weight is 415 g/mol. The van der Waals surface area contributed by atoms with Gasteiger partial charge in [0.15, 0.2) is 17.1 Å². The number of hydrogen-bond acceptors (Lipinski definition) is 7. The summed E-state index contributed by atoms with van der Waals surface area (Å²) in [6, 6.07) is 6.22. The molecule has 0 saturated heterocycles. The van der Waals surface area contributed by atoms with Crippen molar-refractivity contribution in [2.24, 2.45) is 5.92 Å². The molecule has 1 atom stereocenters. The first-order chi connectivity index (χ1) is 14.5. The monoisotopic (exact) mass is 415 g/mol. The molecule has 158 valence electrons. The standard InChI is InChI=1S/C21H22FN3O5/c1-12(24-21(26)27-2)10-28-15-7-16(22)19(23-9-15)20-25-17-6-5-14(8-18(17)30-20)29-11-13-3-4-13/h5-9,12-13H,3-4,10-11H2,1-2H3,(H,24,26)/t12-/m0/s1. The fraction of sp³-hybridized carbons (Fsp3) is 0.381. The highest BCUT2D eigenvalue weighted by Gasteiger charge is 2.22. The Kier molecular flexibility index (Phi) is 5.69. The maximum atomic E-state index is 14.6. The fourth-order valence-electron chi connectivity index (χ4n) is 2.77. The quantitative estimate of drug-likeness (QED) is 0.595. The van der Waals surface area contributed by atoms with Crippen molar-refractivity contribution in [2.75, 3.05) is 20.3 Å². The zero-order valence-electron chi connectivity index (χ0n) is 16.7. The lowest BCUT2D eigenvalue weighted by atomic mass is 10.3. The lowest BCUT2D eigenvalue weighted by Crippen LogP contribution is -2.36. The Bertz CT molecular complexity index is 1050. The molecule has 0 aliphatic heterocycles. The van der Waals surface area contributed by atoms with Crippen molar-refractivity contribution < 1.29 is 27.8 Å². The predicted octanol–water partition coefficient (Wildman–Crippen LogP) is 3.94. The van der Waals surface area contributed by atoms with Gasteiger partial charge < -0.3 is 23.9 Å². The van der Waals surface area contributed by atoms with Gasteiger partial charge in [0.2, 0.25) is 5.89 Å². The maximum absolute atomic E-state index is 14.6. The molecule has 4 rings (SSSR count). The van der Waals surface area contributed by atoms with Gasteiger partial charge in [-0.1, -0.05) is 0 Å². The van der Waals surface area contributed by atoms with Gasteiger partial charge in [-0.3, -0.25) is 0 Å². The summed E-state index contributed by atoms with van der Waals surface area (Å²) < 4.78 is 36.0. The van der Waals surface area contributed by atoms with E-state index in [1.807, 2.05) is 6.07 Å². The molecule has 1 fully saturated rings. The Morgan fingerprint density at radius 2 is 2.13 bits per heavy atom. The van der Waals surface area contributed by atoms with Crippen LogP contribution in [0.4, 0.5) is 9.18 Å². The van der Waals surface area contributed by atoms with Gasteiger partial charge in [0.05, 0.1) is 26.0 Å². The van der Waals surface area contributed by atoms with Crippen molar-refractivity contribution in [1.29, 1.82) is 0 Å². The third kappa shape index (κ3) is 4.79. The summed E-state index contributed by atoms with van der Waals surface area (Å²) >= 11 is 0. The van der Waals surface area contributed by atoms with Gasteiger partial charge in [0.1, 0.15) is 23.6 Å². The van der Waals surface area contributed by atoms with Crippen LogP contribution in [0.5, 0.6) is 11.5 Å². The number of ether oxygens (including phenoxy) is 3. The topological polar surface area (TPSA) is 95.7 Å². The summed E-state index contributed by atoms with van der Waals surface area (Å²) in [6.07, 6.45) is 3.23. The number of nitrogens with one attached hydrogen (secondary N) is 1. The Labute approximate surface area is 172 Å². The zero-order chi connectivity index (χ0) is 21.1. The van der Waals surface area contributed by atoms with Crippen LogP contribution in [0.2, 0.25) is 0 Å². The molecule has 0 radical (unpaired) electrons. The number of benzene rings is 1. The second kappa shape index (κ2) is 8.56. The van der Waals surface area contributed by atoms with E-state index in [1.54, 1.807) is 19.1 Å². The largest absolute Gasteiger partial charge is 0.493 e. The van der Waals surface area contributed by atoms with E-state index in [4.69, 9.17) is 13.9 Å². The van der Waals surface area contributed by atoms with E-state index < -0.39 is 11.9 Å². The van der Waals surface area contributed by atoms with Crippen LogP contribution in [0.1, 0.15) is 19.8 Å². The summed E-state index contributed by atoms with van der Waals surface area (Å²) in [5.41, 5.74) is 1.08. The average Bonchev–Trinajstić information content (AvgIpc) is 3.47. The number of nitrogens with zero attached hydrogens (tertiary/aromatic N) is 2. The summed E-state index contributed by atoms with van der Waals surface area (Å²) in [7, 11) is 1.27. The number of aromatic nitrogens is 2. The molecule has 2 heterocycles. The number of fused-ring (bicyclic) bond motifs is 1. The third-order valence-corrected chi connectivity index (χ3v) is 4.61. The summed E-state index contributed by atoms with van der Waals surface area (Å²) in [5.74, 6) is 1.02. The first-order valence-electron chi connectivity index (χ1n) is 9.68. The molecular weight excluding hydrogens is 393 g/mol. The molecule has 3 aromatic rings. The number of methoxy groups -OCH3 is 1. The number of pyridine rings is 1. The Morgan fingerprint density at radius 1 is 1.30 bits per heavy atom. The molecule has 1 aliphatic rings. The minimum atomic E-state index is -0.627. The Hall–Kier alpha value is -3.36. The van der Waals surface area contributed by atoms with Crippen LogP contribution in [0.25, 0.3) is 22.7 Å². The highest BCUT2D eigenvalue weighted by molar-refractivity contribution is 5.77. The van der Waals surface area contributed by atoms with Crippen molar-refractivity contribution in [3.8, 4) is 23.1 Å². The van der Waals surface area contributed by atoms with E-state index in [0.717, 1.165) is 0 Å². The second-order valence-electron chi connectivity index (χ2n) is 7.25. The van der Waals surface area contributed by atoms with Gasteiger partial charge in [-0.25, -0.2) is 19.2 Å². The van der Waals surface area contributed by atoms with Gasteiger partial charge in [-0.2, -0.15) is 0 Å². The van der Waals surface area contributed by atoms with Crippen LogP contribution in [-0.4, -0.2) is 42.4 Å². The number of amides is 1. The Morgan fingerprint density at radius 3 is 2.87 bits per heavy atom. The maximum Gasteiger partial charge on any atom is 0.407 e. The number of carbonyl (C=O) groups excluding carboxylic acids is 1. The van der Waals surface area contributed by atoms with Crippen LogP contribution >= 0.6 is 0 Å². The highest BCUT2D eigenvalue weighted by atomic mass is 19.1. The van der Waals surface area contributed by atoms with Crippen LogP contribution in [-0.2, 0) is 4.74 Å². The third-order valence-electron chi connectivity index (χ3n) is 4.61. The van der Waals surface area contributed by atoms with Crippen molar-refractivity contribution in [3.63, 3.8) is 0 Å². The number of hydrogen-bond donors (Lipinski definition) is 1. The van der Waals surface area contributed by atoms with E-state index in [0.29, 0.717) is 29.4 Å². The fourth-order valence-corrected chi connectivity index (χ4v) is 2.77. The number of oxazole rings is 1. The second-order valence-corrected chi connectivity index (χ2v) is 7.25. The molecule has 1 amide bonds. The molecule has 1 aliphatic carbocycles. The number of alkyl carbamates (subject to hydrolysis) is 1. The van der Waals surface area contributed by atoms with E-state index in [-0.39, 0.29) is 30.0 Å². The molecule has 2 aromatic heterocycles. The zero-order valence-corrected chi connectivity index (χ0v) is 16.7. The molecule has 1 saturated carbocycles. The van der Waals surface area contributed by atoms with Crippen LogP contribution in [0.3, 0.4) is 0 Å². The Balaban J connectivity index is 1.44. The van der Waals surface area contributed by atoms with E-state index in [9.17, 15) is 9.18 Å². The van der Waals surface area contributed by atoms with Crippen molar-refractivity contribution in [2.45, 2.75) is 25.8 Å². The van der Waals surface area contributed by atoms with Gasteiger partial charge in [0.25, 0.3) is 0 Å².